The van der Waals surface area contributed by atoms with Gasteiger partial charge in [0.15, 0.2) is 0 Å². The van der Waals surface area contributed by atoms with Crippen molar-refractivity contribution in [2.75, 3.05) is 5.32 Å². The number of hydrogen-bond donors (Lipinski definition) is 1. The van der Waals surface area contributed by atoms with Crippen LogP contribution in [0.3, 0.4) is 0 Å². The molecule has 0 fully saturated rings. The number of rotatable bonds is 1. The summed E-state index contributed by atoms with van der Waals surface area (Å²) in [6.07, 6.45) is 0.147. The highest BCUT2D eigenvalue weighted by Crippen LogP contribution is 2.52. The number of nitrogens with one attached hydrogen (secondary N) is 1. The van der Waals surface area contributed by atoms with E-state index >= 15 is 0 Å². The molecule has 0 bridgehead atoms. The highest BCUT2D eigenvalue weighted by atomic mass is 79.9. The fourth-order valence-electron chi connectivity index (χ4n) is 3.96. The van der Waals surface area contributed by atoms with Crippen LogP contribution in [0.4, 0.5) is 23.2 Å². The van der Waals surface area contributed by atoms with Gasteiger partial charge < -0.3 is 5.32 Å². The summed E-state index contributed by atoms with van der Waals surface area (Å²) in [5, 5.41) is 3.06. The molecule has 1 N–H and O–H groups in total. The number of allylic oxidation sites excluding steroid dienone is 2. The molecule has 130 valence electrons. The number of halogens is 5. The molecule has 1 nitrogen and oxygen atoms in total. The van der Waals surface area contributed by atoms with Gasteiger partial charge in [-0.15, -0.1) is 0 Å². The minimum Gasteiger partial charge on any atom is -0.375 e. The Hall–Kier alpha value is -1.82. The van der Waals surface area contributed by atoms with Gasteiger partial charge in [-0.3, -0.25) is 0 Å². The second kappa shape index (κ2) is 5.87. The monoisotopic (exact) mass is 411 g/mol. The van der Waals surface area contributed by atoms with E-state index < -0.39 is 23.6 Å². The average molecular weight is 412 g/mol. The number of alkyl halides is 3. The third-order valence-corrected chi connectivity index (χ3v) is 5.44. The highest BCUT2D eigenvalue weighted by Gasteiger charge is 2.43. The summed E-state index contributed by atoms with van der Waals surface area (Å²) >= 11 is 3.30. The summed E-state index contributed by atoms with van der Waals surface area (Å²) in [7, 11) is 0. The molecule has 0 saturated heterocycles. The van der Waals surface area contributed by atoms with Crippen LogP contribution in [0.5, 0.6) is 0 Å². The summed E-state index contributed by atoms with van der Waals surface area (Å²) < 4.78 is 55.5. The lowest BCUT2D eigenvalue weighted by Gasteiger charge is -2.38. The molecule has 6 heteroatoms. The number of fused-ring (bicyclic) bond motifs is 3. The van der Waals surface area contributed by atoms with Gasteiger partial charge in [-0.25, -0.2) is 4.39 Å². The largest absolute Gasteiger partial charge is 0.416 e. The molecular formula is C19H14BrF4N. The Morgan fingerprint density at radius 2 is 1.84 bits per heavy atom. The van der Waals surface area contributed by atoms with Crippen LogP contribution in [0.25, 0.3) is 0 Å². The summed E-state index contributed by atoms with van der Waals surface area (Å²) in [6, 6.07) is 8.12. The Bertz CT molecular complexity index is 859. The molecule has 0 radical (unpaired) electrons. The fraction of sp³-hybridized carbons (Fsp3) is 0.263. The first-order chi connectivity index (χ1) is 11.9. The van der Waals surface area contributed by atoms with Gasteiger partial charge in [-0.05, 0) is 41.7 Å². The maximum absolute atomic E-state index is 14.5. The maximum Gasteiger partial charge on any atom is 0.416 e. The first-order valence-corrected chi connectivity index (χ1v) is 8.74. The van der Waals surface area contributed by atoms with Crippen LogP contribution in [-0.2, 0) is 6.18 Å². The van der Waals surface area contributed by atoms with Crippen molar-refractivity contribution in [3.8, 4) is 0 Å². The third-order valence-electron chi connectivity index (χ3n) is 4.99. The Labute approximate surface area is 150 Å². The van der Waals surface area contributed by atoms with E-state index in [4.69, 9.17) is 0 Å². The van der Waals surface area contributed by atoms with Crippen LogP contribution in [0, 0.1) is 11.7 Å². The van der Waals surface area contributed by atoms with Crippen molar-refractivity contribution in [1.29, 1.82) is 0 Å². The molecule has 1 aliphatic heterocycles. The minimum absolute atomic E-state index is 0.0790. The Morgan fingerprint density at radius 1 is 1.08 bits per heavy atom. The van der Waals surface area contributed by atoms with E-state index in [9.17, 15) is 17.6 Å². The molecule has 0 aromatic heterocycles. The summed E-state index contributed by atoms with van der Waals surface area (Å²) in [4.78, 5) is 0. The third kappa shape index (κ3) is 2.76. The standard InChI is InChI=1S/C19H14BrF4N/c20-10-8-14-11-5-3-6-12(11)17(25-18(14)16(21)9-10)13-4-1-2-7-15(13)19(22,23)24/h1-5,7-9,11-12,17,25H,6H2/t11-,12-,17-/m0/s1. The number of hydrogen-bond acceptors (Lipinski definition) is 1. The van der Waals surface area contributed by atoms with Crippen molar-refractivity contribution < 1.29 is 17.6 Å². The van der Waals surface area contributed by atoms with Crippen molar-refractivity contribution in [3.63, 3.8) is 0 Å². The molecule has 4 rings (SSSR count). The molecule has 3 atom stereocenters. The lowest BCUT2D eigenvalue weighted by atomic mass is 9.76. The molecule has 1 aliphatic carbocycles. The van der Waals surface area contributed by atoms with Crippen LogP contribution < -0.4 is 5.32 Å². The molecule has 25 heavy (non-hydrogen) atoms. The number of anilines is 1. The zero-order chi connectivity index (χ0) is 17.8. The van der Waals surface area contributed by atoms with Crippen LogP contribution in [0.2, 0.25) is 0 Å². The van der Waals surface area contributed by atoms with Crippen LogP contribution in [0.1, 0.15) is 35.1 Å². The van der Waals surface area contributed by atoms with Gasteiger partial charge in [0.25, 0.3) is 0 Å². The zero-order valence-corrected chi connectivity index (χ0v) is 14.5. The SMILES string of the molecule is Fc1cc(Br)cc2c1N[C@H](c1ccccc1C(F)(F)F)[C@H]1CC=C[C@H]21. The average Bonchev–Trinajstić information content (AvgIpc) is 3.03. The Balaban J connectivity index is 1.86. The molecule has 2 aromatic rings. The van der Waals surface area contributed by atoms with Crippen molar-refractivity contribution >= 4 is 21.6 Å². The normalized spacial score (nSPS) is 24.6. The van der Waals surface area contributed by atoms with Gasteiger partial charge in [0.2, 0.25) is 0 Å². The highest BCUT2D eigenvalue weighted by molar-refractivity contribution is 9.10. The van der Waals surface area contributed by atoms with E-state index in [0.717, 1.165) is 11.6 Å². The van der Waals surface area contributed by atoms with Gasteiger partial charge in [0.05, 0.1) is 17.3 Å². The second-order valence-electron chi connectivity index (χ2n) is 6.41. The van der Waals surface area contributed by atoms with Crippen molar-refractivity contribution in [1.82, 2.24) is 0 Å². The predicted octanol–water partition coefficient (Wildman–Crippen LogP) is 6.43. The van der Waals surface area contributed by atoms with Crippen LogP contribution in [0.15, 0.2) is 53.0 Å². The van der Waals surface area contributed by atoms with Gasteiger partial charge in [0, 0.05) is 10.4 Å². The molecule has 0 amide bonds. The van der Waals surface area contributed by atoms with Crippen molar-refractivity contribution in [2.45, 2.75) is 24.6 Å². The second-order valence-corrected chi connectivity index (χ2v) is 7.33. The maximum atomic E-state index is 14.5. The molecule has 2 aromatic carbocycles. The molecule has 1 heterocycles. The molecule has 2 aliphatic rings. The Morgan fingerprint density at radius 3 is 2.60 bits per heavy atom. The van der Waals surface area contributed by atoms with Crippen LogP contribution in [-0.4, -0.2) is 0 Å². The van der Waals surface area contributed by atoms with Gasteiger partial charge in [-0.2, -0.15) is 13.2 Å². The summed E-state index contributed by atoms with van der Waals surface area (Å²) in [5.74, 6) is -0.642. The molecule has 0 saturated carbocycles. The van der Waals surface area contributed by atoms with Gasteiger partial charge in [-0.1, -0.05) is 46.3 Å². The molecule has 0 unspecified atom stereocenters. The molecule has 0 spiro atoms. The van der Waals surface area contributed by atoms with E-state index in [0.29, 0.717) is 10.9 Å². The fourth-order valence-corrected chi connectivity index (χ4v) is 4.40. The Kier molecular flexibility index (Phi) is 3.90. The topological polar surface area (TPSA) is 12.0 Å². The minimum atomic E-state index is -4.45. The van der Waals surface area contributed by atoms with E-state index in [-0.39, 0.29) is 23.1 Å². The first kappa shape index (κ1) is 16.6. The van der Waals surface area contributed by atoms with Crippen molar-refractivity contribution in [2.24, 2.45) is 5.92 Å². The van der Waals surface area contributed by atoms with Crippen molar-refractivity contribution in [3.05, 3.63) is 75.5 Å². The lowest BCUT2D eigenvalue weighted by molar-refractivity contribution is -0.138. The predicted molar refractivity (Wildman–Crippen MR) is 91.9 cm³/mol. The summed E-state index contributed by atoms with van der Waals surface area (Å²) in [5.41, 5.74) is 0.574. The lowest BCUT2D eigenvalue weighted by Crippen LogP contribution is -2.31. The summed E-state index contributed by atoms with van der Waals surface area (Å²) in [6.45, 7) is 0. The van der Waals surface area contributed by atoms with E-state index in [1.807, 2.05) is 18.2 Å². The van der Waals surface area contributed by atoms with Gasteiger partial charge >= 0.3 is 6.18 Å². The number of benzene rings is 2. The van der Waals surface area contributed by atoms with Crippen LogP contribution >= 0.6 is 15.9 Å². The first-order valence-electron chi connectivity index (χ1n) is 7.94. The van der Waals surface area contributed by atoms with E-state index in [1.165, 1.54) is 18.2 Å². The quantitative estimate of drug-likeness (QED) is 0.420. The zero-order valence-electron chi connectivity index (χ0n) is 12.9. The van der Waals surface area contributed by atoms with E-state index in [2.05, 4.69) is 21.2 Å². The molecular weight excluding hydrogens is 398 g/mol. The smallest absolute Gasteiger partial charge is 0.375 e. The van der Waals surface area contributed by atoms with Gasteiger partial charge in [0.1, 0.15) is 5.82 Å². The van der Waals surface area contributed by atoms with E-state index in [1.54, 1.807) is 6.07 Å².